The molecule has 1 heterocycles. The van der Waals surface area contributed by atoms with Crippen LogP contribution in [0.5, 0.6) is 0 Å². The molecule has 0 atom stereocenters. The van der Waals surface area contributed by atoms with E-state index in [-0.39, 0.29) is 6.61 Å². The van der Waals surface area contributed by atoms with Crippen molar-refractivity contribution in [1.29, 1.82) is 0 Å². The molecule has 0 aliphatic rings. The number of aliphatic hydroxyl groups is 1. The maximum absolute atomic E-state index is 8.52. The van der Waals surface area contributed by atoms with Crippen molar-refractivity contribution in [2.24, 2.45) is 0 Å². The van der Waals surface area contributed by atoms with Crippen LogP contribution in [0, 0.1) is 6.92 Å². The molecule has 2 N–H and O–H groups in total. The van der Waals surface area contributed by atoms with Crippen LogP contribution in [0.1, 0.15) is 11.3 Å². The lowest BCUT2D eigenvalue weighted by Crippen LogP contribution is -2.17. The molecule has 0 amide bonds. The summed E-state index contributed by atoms with van der Waals surface area (Å²) in [6.07, 6.45) is 1.80. The van der Waals surface area contributed by atoms with Gasteiger partial charge in [-0.1, -0.05) is 0 Å². The summed E-state index contributed by atoms with van der Waals surface area (Å²) in [5, 5.41) is 11.6. The Kier molecular flexibility index (Phi) is 3.70. The molecule has 0 spiro atoms. The van der Waals surface area contributed by atoms with Gasteiger partial charge >= 0.3 is 0 Å². The smallest absolute Gasteiger partial charge is 0.0556 e. The molecule has 1 aromatic heterocycles. The van der Waals surface area contributed by atoms with E-state index < -0.39 is 0 Å². The maximum Gasteiger partial charge on any atom is 0.0556 e. The second kappa shape index (κ2) is 4.85. The minimum absolute atomic E-state index is 0.185. The predicted molar refractivity (Wildman–Crippen MR) is 47.8 cm³/mol. The third kappa shape index (κ3) is 2.98. The Morgan fingerprint density at radius 2 is 2.42 bits per heavy atom. The van der Waals surface area contributed by atoms with Crippen LogP contribution in [0.2, 0.25) is 0 Å². The molecule has 0 bridgehead atoms. The molecule has 0 saturated carbocycles. The first kappa shape index (κ1) is 9.16. The van der Waals surface area contributed by atoms with Gasteiger partial charge in [-0.3, -0.25) is 4.98 Å². The second-order valence-electron chi connectivity index (χ2n) is 2.71. The molecular formula is C9H14N2O. The Balaban J connectivity index is 2.41. The van der Waals surface area contributed by atoms with E-state index in [1.54, 1.807) is 6.20 Å². The van der Waals surface area contributed by atoms with Crippen molar-refractivity contribution in [3.63, 3.8) is 0 Å². The SMILES string of the molecule is Cc1cc(CNCCO)ccn1. The van der Waals surface area contributed by atoms with E-state index in [0.717, 1.165) is 12.2 Å². The average Bonchev–Trinajstić information content (AvgIpc) is 2.05. The summed E-state index contributed by atoms with van der Waals surface area (Å²) >= 11 is 0. The van der Waals surface area contributed by atoms with Crippen molar-refractivity contribution >= 4 is 0 Å². The lowest BCUT2D eigenvalue weighted by molar-refractivity contribution is 0.292. The summed E-state index contributed by atoms with van der Waals surface area (Å²) in [7, 11) is 0. The van der Waals surface area contributed by atoms with E-state index in [2.05, 4.69) is 10.3 Å². The zero-order chi connectivity index (χ0) is 8.81. The van der Waals surface area contributed by atoms with Gasteiger partial charge in [0.1, 0.15) is 0 Å². The Morgan fingerprint density at radius 3 is 3.08 bits per heavy atom. The number of nitrogens with one attached hydrogen (secondary N) is 1. The zero-order valence-electron chi connectivity index (χ0n) is 7.25. The number of hydrogen-bond acceptors (Lipinski definition) is 3. The highest BCUT2D eigenvalue weighted by atomic mass is 16.3. The molecule has 3 heteroatoms. The summed E-state index contributed by atoms with van der Waals surface area (Å²) in [5.74, 6) is 0. The first-order valence-electron chi connectivity index (χ1n) is 4.06. The van der Waals surface area contributed by atoms with Gasteiger partial charge in [0.05, 0.1) is 6.61 Å². The Morgan fingerprint density at radius 1 is 1.58 bits per heavy atom. The number of pyridine rings is 1. The fourth-order valence-electron chi connectivity index (χ4n) is 1.03. The summed E-state index contributed by atoms with van der Waals surface area (Å²) in [4.78, 5) is 4.09. The highest BCUT2D eigenvalue weighted by Crippen LogP contribution is 1.99. The summed E-state index contributed by atoms with van der Waals surface area (Å²) in [6, 6.07) is 4.00. The molecule has 0 aromatic carbocycles. The van der Waals surface area contributed by atoms with E-state index in [4.69, 9.17) is 5.11 Å². The van der Waals surface area contributed by atoms with E-state index >= 15 is 0 Å². The third-order valence-corrected chi connectivity index (χ3v) is 1.58. The van der Waals surface area contributed by atoms with Crippen LogP contribution in [0.25, 0.3) is 0 Å². The summed E-state index contributed by atoms with van der Waals surface area (Å²) < 4.78 is 0. The molecule has 66 valence electrons. The van der Waals surface area contributed by atoms with Gasteiger partial charge in [-0.25, -0.2) is 0 Å². The molecule has 0 unspecified atom stereocenters. The van der Waals surface area contributed by atoms with Gasteiger partial charge < -0.3 is 10.4 Å². The van der Waals surface area contributed by atoms with Crippen LogP contribution in [0.4, 0.5) is 0 Å². The highest BCUT2D eigenvalue weighted by Gasteiger charge is 1.91. The first-order valence-corrected chi connectivity index (χ1v) is 4.06. The van der Waals surface area contributed by atoms with Crippen molar-refractivity contribution in [2.75, 3.05) is 13.2 Å². The summed E-state index contributed by atoms with van der Waals surface area (Å²) in [6.45, 7) is 3.59. The standard InChI is InChI=1S/C9H14N2O/c1-8-6-9(2-3-11-8)7-10-4-5-12/h2-3,6,10,12H,4-5,7H2,1H3. The van der Waals surface area contributed by atoms with Crippen molar-refractivity contribution in [3.05, 3.63) is 29.6 Å². The van der Waals surface area contributed by atoms with E-state index in [1.807, 2.05) is 19.1 Å². The van der Waals surface area contributed by atoms with Gasteiger partial charge in [0, 0.05) is 25.0 Å². The molecule has 1 rings (SSSR count). The van der Waals surface area contributed by atoms with Crippen molar-refractivity contribution in [2.45, 2.75) is 13.5 Å². The molecule has 3 nitrogen and oxygen atoms in total. The second-order valence-corrected chi connectivity index (χ2v) is 2.71. The van der Waals surface area contributed by atoms with E-state index in [0.29, 0.717) is 6.54 Å². The number of nitrogens with zero attached hydrogens (tertiary/aromatic N) is 1. The number of rotatable bonds is 4. The van der Waals surface area contributed by atoms with E-state index in [9.17, 15) is 0 Å². The van der Waals surface area contributed by atoms with Crippen molar-refractivity contribution in [3.8, 4) is 0 Å². The normalized spacial score (nSPS) is 10.2. The molecule has 0 radical (unpaired) electrons. The van der Waals surface area contributed by atoms with Gasteiger partial charge in [-0.15, -0.1) is 0 Å². The lowest BCUT2D eigenvalue weighted by atomic mass is 10.2. The lowest BCUT2D eigenvalue weighted by Gasteiger charge is -2.02. The quantitative estimate of drug-likeness (QED) is 0.639. The van der Waals surface area contributed by atoms with Gasteiger partial charge in [0.2, 0.25) is 0 Å². The fraction of sp³-hybridized carbons (Fsp3) is 0.444. The minimum atomic E-state index is 0.185. The van der Waals surface area contributed by atoms with Crippen LogP contribution in [-0.4, -0.2) is 23.2 Å². The molecule has 1 aromatic rings. The molecule has 0 aliphatic heterocycles. The van der Waals surface area contributed by atoms with Crippen LogP contribution < -0.4 is 5.32 Å². The number of aryl methyl sites for hydroxylation is 1. The van der Waals surface area contributed by atoms with Crippen molar-refractivity contribution in [1.82, 2.24) is 10.3 Å². The highest BCUT2D eigenvalue weighted by molar-refractivity contribution is 5.14. The molecule has 0 fully saturated rings. The number of aliphatic hydroxyl groups excluding tert-OH is 1. The monoisotopic (exact) mass is 166 g/mol. The summed E-state index contributed by atoms with van der Waals surface area (Å²) in [5.41, 5.74) is 2.23. The molecular weight excluding hydrogens is 152 g/mol. The minimum Gasteiger partial charge on any atom is -0.395 e. The topological polar surface area (TPSA) is 45.1 Å². The number of aromatic nitrogens is 1. The first-order chi connectivity index (χ1) is 5.83. The van der Waals surface area contributed by atoms with E-state index in [1.165, 1.54) is 5.56 Å². The van der Waals surface area contributed by atoms with Crippen LogP contribution >= 0.6 is 0 Å². The fourth-order valence-corrected chi connectivity index (χ4v) is 1.03. The van der Waals surface area contributed by atoms with Crippen LogP contribution in [0.15, 0.2) is 18.3 Å². The van der Waals surface area contributed by atoms with Crippen LogP contribution in [0.3, 0.4) is 0 Å². The van der Waals surface area contributed by atoms with Crippen molar-refractivity contribution < 1.29 is 5.11 Å². The Labute approximate surface area is 72.5 Å². The third-order valence-electron chi connectivity index (χ3n) is 1.58. The van der Waals surface area contributed by atoms with Gasteiger partial charge in [-0.05, 0) is 24.6 Å². The maximum atomic E-state index is 8.52. The largest absolute Gasteiger partial charge is 0.395 e. The number of hydrogen-bond donors (Lipinski definition) is 2. The van der Waals surface area contributed by atoms with Gasteiger partial charge in [-0.2, -0.15) is 0 Å². The average molecular weight is 166 g/mol. The Hall–Kier alpha value is -0.930. The molecule has 0 aliphatic carbocycles. The zero-order valence-corrected chi connectivity index (χ0v) is 7.25. The van der Waals surface area contributed by atoms with Gasteiger partial charge in [0.25, 0.3) is 0 Å². The Bertz CT molecular complexity index is 238. The van der Waals surface area contributed by atoms with Gasteiger partial charge in [0.15, 0.2) is 0 Å². The molecule has 12 heavy (non-hydrogen) atoms. The van der Waals surface area contributed by atoms with Crippen LogP contribution in [-0.2, 0) is 6.54 Å². The predicted octanol–water partition coefficient (Wildman–Crippen LogP) is 0.472. The molecule has 0 saturated heterocycles.